The molecule has 0 aliphatic carbocycles. The molecule has 0 fully saturated rings. The average Bonchev–Trinajstić information content (AvgIpc) is 3.22. The Morgan fingerprint density at radius 3 is 0.934 bits per heavy atom. The second kappa shape index (κ2) is 31.4. The quantitative estimate of drug-likeness (QED) is 0.0292. The summed E-state index contributed by atoms with van der Waals surface area (Å²) in [7, 11) is -8.86. The predicted molar refractivity (Wildman–Crippen MR) is 258 cm³/mol. The molecule has 0 unspecified atom stereocenters. The van der Waals surface area contributed by atoms with Gasteiger partial charge in [0.2, 0.25) is 0 Å². The number of aryl methyl sites for hydroxylation is 4. The van der Waals surface area contributed by atoms with Crippen molar-refractivity contribution in [2.45, 2.75) is 217 Å². The van der Waals surface area contributed by atoms with E-state index in [1.165, 1.54) is 176 Å². The largest absolute Gasteiger partial charge is 2.00 e. The Kier molecular flexibility index (Phi) is 28.6. The second-order valence-electron chi connectivity index (χ2n) is 17.3. The zero-order valence-corrected chi connectivity index (χ0v) is 42.4. The molecule has 61 heavy (non-hydrogen) atoms. The summed E-state index contributed by atoms with van der Waals surface area (Å²) in [4.78, 5) is -0.245. The third kappa shape index (κ3) is 21.8. The van der Waals surface area contributed by atoms with Crippen LogP contribution in [0, 0.1) is 0 Å². The normalized spacial score (nSPS) is 11.8. The fourth-order valence-corrected chi connectivity index (χ4v) is 9.38. The summed E-state index contributed by atoms with van der Waals surface area (Å²) in [6.45, 7) is 8.93. The van der Waals surface area contributed by atoms with Crippen molar-refractivity contribution in [2.75, 3.05) is 0 Å². The van der Waals surface area contributed by atoms with Crippen LogP contribution in [0.15, 0.2) is 70.5 Å². The molecular formula is C52H78CaO6S2. The molecular weight excluding hydrogens is 825 g/mol. The van der Waals surface area contributed by atoms with Gasteiger partial charge < -0.3 is 9.11 Å². The maximum atomic E-state index is 11.5. The van der Waals surface area contributed by atoms with Gasteiger partial charge in [-0.1, -0.05) is 193 Å². The van der Waals surface area contributed by atoms with Crippen LogP contribution < -0.4 is 0 Å². The number of fused-ring (bicyclic) bond motifs is 2. The Bertz CT molecular complexity index is 1900. The van der Waals surface area contributed by atoms with Gasteiger partial charge in [-0.15, -0.1) is 0 Å². The second-order valence-corrected chi connectivity index (χ2v) is 20.0. The summed E-state index contributed by atoms with van der Waals surface area (Å²) in [5.41, 5.74) is 5.04. The Morgan fingerprint density at radius 1 is 0.361 bits per heavy atom. The first-order chi connectivity index (χ1) is 28.9. The fraction of sp³-hybridized carbons (Fsp3) is 0.615. The summed E-state index contributed by atoms with van der Waals surface area (Å²) in [6, 6.07) is 18.5. The van der Waals surface area contributed by atoms with Gasteiger partial charge in [-0.3, -0.25) is 0 Å². The van der Waals surface area contributed by atoms with Gasteiger partial charge in [0.1, 0.15) is 20.2 Å². The standard InChI is InChI=1S/2C26H40O3S.Ca/c2*1-3-5-7-9-11-13-15-22-19-23(16-14-12-10-8-6-4-2)26-21-25(30(27,28)29)18-17-24(26)20-22;/h2*17-21H,3-16H2,1-2H3,(H,27,28,29);/q;;+2/p-2. The van der Waals surface area contributed by atoms with Gasteiger partial charge in [-0.25, -0.2) is 16.8 Å². The summed E-state index contributed by atoms with van der Waals surface area (Å²) in [6.07, 6.45) is 34.1. The van der Waals surface area contributed by atoms with Gasteiger partial charge >= 0.3 is 37.7 Å². The molecule has 4 aromatic carbocycles. The smallest absolute Gasteiger partial charge is 0.744 e. The molecule has 336 valence electrons. The molecule has 6 nitrogen and oxygen atoms in total. The molecule has 0 spiro atoms. The molecule has 0 bridgehead atoms. The number of unbranched alkanes of at least 4 members (excludes halogenated alkanes) is 20. The van der Waals surface area contributed by atoms with Crippen molar-refractivity contribution >= 4 is 79.5 Å². The van der Waals surface area contributed by atoms with Gasteiger partial charge in [-0.05, 0) is 119 Å². The number of rotatable bonds is 30. The van der Waals surface area contributed by atoms with E-state index in [-0.39, 0.29) is 47.5 Å². The molecule has 0 aliphatic heterocycles. The van der Waals surface area contributed by atoms with E-state index in [0.717, 1.165) is 60.1 Å². The van der Waals surface area contributed by atoms with Crippen LogP contribution in [0.25, 0.3) is 21.5 Å². The molecule has 0 aliphatic rings. The van der Waals surface area contributed by atoms with Crippen LogP contribution in [0.5, 0.6) is 0 Å². The summed E-state index contributed by atoms with van der Waals surface area (Å²) < 4.78 is 69.1. The molecule has 0 atom stereocenters. The first kappa shape index (κ1) is 55.6. The van der Waals surface area contributed by atoms with E-state index < -0.39 is 20.2 Å². The van der Waals surface area contributed by atoms with Gasteiger partial charge in [-0.2, -0.15) is 0 Å². The Labute approximate surface area is 402 Å². The molecule has 0 amide bonds. The number of hydrogen-bond acceptors (Lipinski definition) is 6. The van der Waals surface area contributed by atoms with E-state index in [1.807, 2.05) is 0 Å². The summed E-state index contributed by atoms with van der Waals surface area (Å²) >= 11 is 0. The average molecular weight is 903 g/mol. The maximum absolute atomic E-state index is 11.5. The van der Waals surface area contributed by atoms with Crippen LogP contribution in [0.1, 0.15) is 204 Å². The van der Waals surface area contributed by atoms with Crippen LogP contribution in [0.3, 0.4) is 0 Å². The van der Waals surface area contributed by atoms with Crippen LogP contribution in [0.2, 0.25) is 0 Å². The van der Waals surface area contributed by atoms with E-state index in [2.05, 4.69) is 52.0 Å². The summed E-state index contributed by atoms with van der Waals surface area (Å²) in [5, 5.41) is 3.94. The molecule has 0 saturated heterocycles. The molecule has 0 radical (unpaired) electrons. The topological polar surface area (TPSA) is 114 Å². The minimum absolute atomic E-state index is 0. The first-order valence-electron chi connectivity index (χ1n) is 23.9. The zero-order chi connectivity index (χ0) is 43.6. The van der Waals surface area contributed by atoms with E-state index in [9.17, 15) is 25.9 Å². The molecule has 0 heterocycles. The van der Waals surface area contributed by atoms with Crippen molar-refractivity contribution in [3.8, 4) is 0 Å². The Morgan fingerprint density at radius 2 is 0.639 bits per heavy atom. The van der Waals surface area contributed by atoms with Crippen LogP contribution in [-0.2, 0) is 45.9 Å². The fourth-order valence-electron chi connectivity index (χ4n) is 8.39. The minimum Gasteiger partial charge on any atom is -0.744 e. The van der Waals surface area contributed by atoms with E-state index >= 15 is 0 Å². The van der Waals surface area contributed by atoms with Gasteiger partial charge in [0.05, 0.1) is 9.79 Å². The Balaban J connectivity index is 0.000000413. The van der Waals surface area contributed by atoms with Crippen LogP contribution >= 0.6 is 0 Å². The zero-order valence-electron chi connectivity index (χ0n) is 38.5. The van der Waals surface area contributed by atoms with E-state index in [0.29, 0.717) is 0 Å². The first-order valence-corrected chi connectivity index (χ1v) is 26.8. The van der Waals surface area contributed by atoms with Gasteiger partial charge in [0, 0.05) is 0 Å². The van der Waals surface area contributed by atoms with Crippen LogP contribution in [0.4, 0.5) is 0 Å². The third-order valence-electron chi connectivity index (χ3n) is 12.0. The molecule has 4 aromatic rings. The molecule has 0 N–H and O–H groups in total. The minimum atomic E-state index is -4.43. The van der Waals surface area contributed by atoms with Crippen molar-refractivity contribution in [1.82, 2.24) is 0 Å². The van der Waals surface area contributed by atoms with Crippen molar-refractivity contribution in [2.24, 2.45) is 0 Å². The number of benzene rings is 4. The monoisotopic (exact) mass is 902 g/mol. The summed E-state index contributed by atoms with van der Waals surface area (Å²) in [5.74, 6) is 0. The van der Waals surface area contributed by atoms with Crippen molar-refractivity contribution in [1.29, 1.82) is 0 Å². The van der Waals surface area contributed by atoms with Gasteiger partial charge in [0.15, 0.2) is 0 Å². The van der Waals surface area contributed by atoms with E-state index in [4.69, 9.17) is 0 Å². The molecule has 0 aromatic heterocycles. The van der Waals surface area contributed by atoms with Crippen molar-refractivity contribution in [3.05, 3.63) is 82.9 Å². The predicted octanol–water partition coefficient (Wildman–Crippen LogP) is 14.7. The molecule has 0 saturated carbocycles. The third-order valence-corrected chi connectivity index (χ3v) is 13.6. The molecule has 9 heteroatoms. The maximum Gasteiger partial charge on any atom is 2.00 e. The van der Waals surface area contributed by atoms with Crippen molar-refractivity contribution in [3.63, 3.8) is 0 Å². The van der Waals surface area contributed by atoms with Crippen LogP contribution in [-0.4, -0.2) is 63.7 Å². The SMILES string of the molecule is CCCCCCCCc1cc(CCCCCCCC)c2cc(S(=O)(=O)[O-])ccc2c1.CCCCCCCCc1cc(CCCCCCCC)c2cc(S(=O)(=O)[O-])ccc2c1.[Ca+2]. The number of hydrogen-bond donors (Lipinski definition) is 0. The van der Waals surface area contributed by atoms with E-state index in [1.54, 1.807) is 24.3 Å². The molecule has 4 rings (SSSR count). The van der Waals surface area contributed by atoms with Gasteiger partial charge in [0.25, 0.3) is 0 Å². The van der Waals surface area contributed by atoms with Crippen molar-refractivity contribution < 1.29 is 25.9 Å². The Hall–Kier alpha value is -1.52.